The molecule has 27 heavy (non-hydrogen) atoms. The minimum absolute atomic E-state index is 0.349. The Morgan fingerprint density at radius 1 is 1.11 bits per heavy atom. The molecule has 2 aromatic rings. The fourth-order valence-corrected chi connectivity index (χ4v) is 5.72. The second kappa shape index (κ2) is 8.06. The zero-order valence-electron chi connectivity index (χ0n) is 16.9. The van der Waals surface area contributed by atoms with Crippen LogP contribution in [0.25, 0.3) is 0 Å². The molecule has 2 nitrogen and oxygen atoms in total. The number of hydrogen-bond acceptors (Lipinski definition) is 2. The highest BCUT2D eigenvalue weighted by Gasteiger charge is 2.50. The summed E-state index contributed by atoms with van der Waals surface area (Å²) in [5.41, 5.74) is 3.32. The van der Waals surface area contributed by atoms with E-state index < -0.39 is 0 Å². The molecular weight excluding hydrogens is 330 g/mol. The van der Waals surface area contributed by atoms with Crippen molar-refractivity contribution in [3.8, 4) is 5.75 Å². The van der Waals surface area contributed by atoms with Crippen LogP contribution in [0.1, 0.15) is 56.6 Å². The van der Waals surface area contributed by atoms with E-state index in [1.54, 1.807) is 7.11 Å². The van der Waals surface area contributed by atoms with Gasteiger partial charge in [0.2, 0.25) is 0 Å². The standard InChI is InChI=1S/C25H33NO/c1-3-9-23-17-25(21-12-7-14-24(16-21)27-2)15-8-13-22(25)19-26(23)18-20-10-5-4-6-11-20/h4-7,10-12,14,16,22-23H,3,8-9,13,15,17-19H2,1-2H3. The summed E-state index contributed by atoms with van der Waals surface area (Å²) in [5.74, 6) is 1.77. The molecule has 1 aliphatic heterocycles. The summed E-state index contributed by atoms with van der Waals surface area (Å²) in [6.45, 7) is 4.66. The molecule has 1 saturated heterocycles. The van der Waals surface area contributed by atoms with Crippen LogP contribution >= 0.6 is 0 Å². The Morgan fingerprint density at radius 2 is 1.96 bits per heavy atom. The van der Waals surface area contributed by atoms with Gasteiger partial charge < -0.3 is 4.74 Å². The maximum atomic E-state index is 5.55. The van der Waals surface area contributed by atoms with Crippen LogP contribution in [-0.2, 0) is 12.0 Å². The monoisotopic (exact) mass is 363 g/mol. The van der Waals surface area contributed by atoms with Gasteiger partial charge in [0, 0.05) is 24.5 Å². The van der Waals surface area contributed by atoms with Crippen LogP contribution in [0.5, 0.6) is 5.75 Å². The quantitative estimate of drug-likeness (QED) is 0.642. The van der Waals surface area contributed by atoms with E-state index in [-0.39, 0.29) is 0 Å². The van der Waals surface area contributed by atoms with Crippen LogP contribution in [-0.4, -0.2) is 24.6 Å². The Bertz CT molecular complexity index is 743. The van der Waals surface area contributed by atoms with E-state index in [2.05, 4.69) is 66.4 Å². The molecule has 144 valence electrons. The highest BCUT2D eigenvalue weighted by atomic mass is 16.5. The van der Waals surface area contributed by atoms with Gasteiger partial charge in [0.25, 0.3) is 0 Å². The van der Waals surface area contributed by atoms with Crippen LogP contribution in [0, 0.1) is 5.92 Å². The van der Waals surface area contributed by atoms with Crippen LogP contribution in [0.3, 0.4) is 0 Å². The normalized spacial score (nSPS) is 28.1. The second-order valence-electron chi connectivity index (χ2n) is 8.54. The lowest BCUT2D eigenvalue weighted by Crippen LogP contribution is -2.52. The molecule has 1 aliphatic carbocycles. The number of methoxy groups -OCH3 is 1. The molecule has 0 aromatic heterocycles. The number of nitrogens with zero attached hydrogens (tertiary/aromatic N) is 1. The molecule has 4 rings (SSSR count). The van der Waals surface area contributed by atoms with Gasteiger partial charge >= 0.3 is 0 Å². The molecular formula is C25H33NO. The van der Waals surface area contributed by atoms with Crippen molar-refractivity contribution in [3.05, 3.63) is 65.7 Å². The van der Waals surface area contributed by atoms with Gasteiger partial charge in [0.05, 0.1) is 7.11 Å². The third-order valence-electron chi connectivity index (χ3n) is 7.02. The lowest BCUT2D eigenvalue weighted by molar-refractivity contribution is 0.0436. The molecule has 0 bridgehead atoms. The van der Waals surface area contributed by atoms with Crippen LogP contribution < -0.4 is 4.74 Å². The Balaban J connectivity index is 1.63. The number of ether oxygens (including phenoxy) is 1. The zero-order chi connectivity index (χ0) is 18.7. The Hall–Kier alpha value is -1.80. The molecule has 2 aromatic carbocycles. The molecule has 3 atom stereocenters. The van der Waals surface area contributed by atoms with E-state index in [1.807, 2.05) is 0 Å². The van der Waals surface area contributed by atoms with Gasteiger partial charge in [0.1, 0.15) is 5.75 Å². The second-order valence-corrected chi connectivity index (χ2v) is 8.54. The first-order chi connectivity index (χ1) is 13.2. The van der Waals surface area contributed by atoms with Gasteiger partial charge in [-0.15, -0.1) is 0 Å². The number of piperidine rings is 1. The summed E-state index contributed by atoms with van der Waals surface area (Å²) in [6.07, 6.45) is 7.91. The van der Waals surface area contributed by atoms with Gasteiger partial charge in [-0.1, -0.05) is 62.2 Å². The molecule has 2 heteroatoms. The van der Waals surface area contributed by atoms with Crippen molar-refractivity contribution < 1.29 is 4.74 Å². The molecule has 2 fully saturated rings. The minimum atomic E-state index is 0.349. The fourth-order valence-electron chi connectivity index (χ4n) is 5.72. The zero-order valence-corrected chi connectivity index (χ0v) is 16.9. The molecule has 0 N–H and O–H groups in total. The molecule has 0 spiro atoms. The van der Waals surface area contributed by atoms with Gasteiger partial charge in [-0.2, -0.15) is 0 Å². The number of rotatable bonds is 6. The maximum Gasteiger partial charge on any atom is 0.119 e. The average Bonchev–Trinajstić information content (AvgIpc) is 3.13. The number of hydrogen-bond donors (Lipinski definition) is 0. The predicted molar refractivity (Wildman–Crippen MR) is 112 cm³/mol. The first-order valence-corrected chi connectivity index (χ1v) is 10.7. The summed E-state index contributed by atoms with van der Waals surface area (Å²) in [6, 6.07) is 20.6. The summed E-state index contributed by atoms with van der Waals surface area (Å²) in [7, 11) is 1.78. The highest BCUT2D eigenvalue weighted by molar-refractivity contribution is 5.36. The lowest BCUT2D eigenvalue weighted by atomic mass is 9.65. The Kier molecular flexibility index (Phi) is 5.54. The minimum Gasteiger partial charge on any atom is -0.497 e. The van der Waals surface area contributed by atoms with Gasteiger partial charge in [0.15, 0.2) is 0 Å². The van der Waals surface area contributed by atoms with Crippen molar-refractivity contribution in [2.75, 3.05) is 13.7 Å². The summed E-state index contributed by atoms with van der Waals surface area (Å²) in [4.78, 5) is 2.78. The summed E-state index contributed by atoms with van der Waals surface area (Å²) in [5, 5.41) is 0. The number of fused-ring (bicyclic) bond motifs is 1. The van der Waals surface area contributed by atoms with Crippen molar-refractivity contribution in [2.24, 2.45) is 5.92 Å². The van der Waals surface area contributed by atoms with E-state index in [0.717, 1.165) is 18.2 Å². The van der Waals surface area contributed by atoms with E-state index in [4.69, 9.17) is 4.74 Å². The molecule has 0 radical (unpaired) electrons. The van der Waals surface area contributed by atoms with Crippen LogP contribution in [0.15, 0.2) is 54.6 Å². The average molecular weight is 364 g/mol. The molecule has 0 amide bonds. The Labute approximate surface area is 164 Å². The Morgan fingerprint density at radius 3 is 2.74 bits per heavy atom. The van der Waals surface area contributed by atoms with Gasteiger partial charge in [-0.25, -0.2) is 0 Å². The van der Waals surface area contributed by atoms with E-state index in [1.165, 1.54) is 56.2 Å². The SMILES string of the molecule is CCCC1CC2(c3cccc(OC)c3)CCCC2CN1Cc1ccccc1. The first-order valence-electron chi connectivity index (χ1n) is 10.7. The number of likely N-dealkylation sites (tertiary alicyclic amines) is 1. The summed E-state index contributed by atoms with van der Waals surface area (Å²) >= 11 is 0. The third kappa shape index (κ3) is 3.65. The van der Waals surface area contributed by atoms with Crippen molar-refractivity contribution in [1.82, 2.24) is 4.90 Å². The van der Waals surface area contributed by atoms with Gasteiger partial charge in [-0.3, -0.25) is 4.90 Å². The van der Waals surface area contributed by atoms with E-state index in [0.29, 0.717) is 11.5 Å². The third-order valence-corrected chi connectivity index (χ3v) is 7.02. The maximum absolute atomic E-state index is 5.55. The lowest BCUT2D eigenvalue weighted by Gasteiger charge is -2.50. The molecule has 1 heterocycles. The molecule has 1 saturated carbocycles. The fraction of sp³-hybridized carbons (Fsp3) is 0.520. The van der Waals surface area contributed by atoms with Gasteiger partial charge in [-0.05, 0) is 54.9 Å². The van der Waals surface area contributed by atoms with E-state index in [9.17, 15) is 0 Å². The predicted octanol–water partition coefficient (Wildman–Crippen LogP) is 5.81. The van der Waals surface area contributed by atoms with Crippen molar-refractivity contribution >= 4 is 0 Å². The largest absolute Gasteiger partial charge is 0.497 e. The molecule has 2 aliphatic rings. The highest BCUT2D eigenvalue weighted by Crippen LogP contribution is 2.53. The van der Waals surface area contributed by atoms with Crippen molar-refractivity contribution in [2.45, 2.75) is 63.5 Å². The number of benzene rings is 2. The topological polar surface area (TPSA) is 12.5 Å². The smallest absolute Gasteiger partial charge is 0.119 e. The summed E-state index contributed by atoms with van der Waals surface area (Å²) < 4.78 is 5.55. The first kappa shape index (κ1) is 18.6. The van der Waals surface area contributed by atoms with E-state index >= 15 is 0 Å². The van der Waals surface area contributed by atoms with Crippen LogP contribution in [0.2, 0.25) is 0 Å². The van der Waals surface area contributed by atoms with Crippen LogP contribution in [0.4, 0.5) is 0 Å². The van der Waals surface area contributed by atoms with Crippen molar-refractivity contribution in [3.63, 3.8) is 0 Å². The molecule has 3 unspecified atom stereocenters. The van der Waals surface area contributed by atoms with Crippen molar-refractivity contribution in [1.29, 1.82) is 0 Å².